The standard InChI is InChI=1S/C20H18N4O2S2/c1-11-4-6-14-13(8-11)18(26)24(3)20(22-14)27-10-17(25)23-19-21-15-7-5-12(2)9-16(15)28-19/h4-9H,10H2,1-3H3,(H,21,23,25). The maximum Gasteiger partial charge on any atom is 0.261 e. The molecule has 0 saturated carbocycles. The molecule has 0 aliphatic heterocycles. The van der Waals surface area contributed by atoms with Crippen molar-refractivity contribution in [2.45, 2.75) is 19.0 Å². The van der Waals surface area contributed by atoms with Gasteiger partial charge in [0, 0.05) is 7.05 Å². The lowest BCUT2D eigenvalue weighted by Gasteiger charge is -2.09. The molecule has 1 amide bonds. The van der Waals surface area contributed by atoms with E-state index in [9.17, 15) is 9.59 Å². The zero-order valence-corrected chi connectivity index (χ0v) is 17.3. The van der Waals surface area contributed by atoms with Crippen LogP contribution in [0, 0.1) is 13.8 Å². The molecular formula is C20H18N4O2S2. The highest BCUT2D eigenvalue weighted by Crippen LogP contribution is 2.27. The van der Waals surface area contributed by atoms with Crippen LogP contribution in [0.2, 0.25) is 0 Å². The number of carbonyl (C=O) groups is 1. The van der Waals surface area contributed by atoms with Crippen molar-refractivity contribution in [3.8, 4) is 0 Å². The monoisotopic (exact) mass is 410 g/mol. The van der Waals surface area contributed by atoms with Crippen molar-refractivity contribution in [1.29, 1.82) is 0 Å². The molecule has 28 heavy (non-hydrogen) atoms. The second-order valence-corrected chi connectivity index (χ2v) is 8.58. The van der Waals surface area contributed by atoms with Crippen molar-refractivity contribution < 1.29 is 4.79 Å². The van der Waals surface area contributed by atoms with Crippen LogP contribution >= 0.6 is 23.1 Å². The van der Waals surface area contributed by atoms with Crippen LogP contribution in [-0.2, 0) is 11.8 Å². The van der Waals surface area contributed by atoms with E-state index in [1.54, 1.807) is 7.05 Å². The quantitative estimate of drug-likeness (QED) is 0.408. The molecule has 4 rings (SSSR count). The second-order valence-electron chi connectivity index (χ2n) is 6.61. The van der Waals surface area contributed by atoms with Crippen molar-refractivity contribution in [1.82, 2.24) is 14.5 Å². The number of fused-ring (bicyclic) bond motifs is 2. The minimum atomic E-state index is -0.181. The molecule has 0 atom stereocenters. The van der Waals surface area contributed by atoms with Gasteiger partial charge in [-0.15, -0.1) is 0 Å². The van der Waals surface area contributed by atoms with Gasteiger partial charge in [-0.3, -0.25) is 14.2 Å². The molecule has 4 aromatic rings. The minimum Gasteiger partial charge on any atom is -0.301 e. The maximum absolute atomic E-state index is 12.6. The zero-order valence-electron chi connectivity index (χ0n) is 15.6. The predicted octanol–water partition coefficient (Wildman–Crippen LogP) is 3.89. The van der Waals surface area contributed by atoms with Gasteiger partial charge in [0.05, 0.1) is 26.9 Å². The first-order chi connectivity index (χ1) is 13.4. The van der Waals surface area contributed by atoms with Gasteiger partial charge in [0.1, 0.15) is 0 Å². The van der Waals surface area contributed by atoms with Gasteiger partial charge in [-0.05, 0) is 43.7 Å². The van der Waals surface area contributed by atoms with E-state index in [1.165, 1.54) is 27.7 Å². The molecule has 0 saturated heterocycles. The third kappa shape index (κ3) is 3.65. The van der Waals surface area contributed by atoms with Gasteiger partial charge < -0.3 is 5.32 Å². The summed E-state index contributed by atoms with van der Waals surface area (Å²) in [6.07, 6.45) is 0. The van der Waals surface area contributed by atoms with Crippen LogP contribution in [0.4, 0.5) is 5.13 Å². The number of hydrogen-bond donors (Lipinski definition) is 1. The average Bonchev–Trinajstić information content (AvgIpc) is 3.05. The minimum absolute atomic E-state index is 0.113. The number of anilines is 1. The van der Waals surface area contributed by atoms with Gasteiger partial charge >= 0.3 is 0 Å². The molecule has 2 aromatic heterocycles. The maximum atomic E-state index is 12.6. The Labute approximate surface area is 169 Å². The number of benzene rings is 2. The Bertz CT molecular complexity index is 1280. The molecule has 0 spiro atoms. The molecule has 0 fully saturated rings. The number of carbonyl (C=O) groups excluding carboxylic acids is 1. The van der Waals surface area contributed by atoms with Crippen molar-refractivity contribution >= 4 is 55.3 Å². The largest absolute Gasteiger partial charge is 0.301 e. The average molecular weight is 411 g/mol. The molecular weight excluding hydrogens is 392 g/mol. The lowest BCUT2D eigenvalue weighted by atomic mass is 10.2. The molecule has 2 aromatic carbocycles. The summed E-state index contributed by atoms with van der Waals surface area (Å²) in [4.78, 5) is 33.9. The molecule has 0 aliphatic carbocycles. The fraction of sp³-hybridized carbons (Fsp3) is 0.200. The van der Waals surface area contributed by atoms with Crippen molar-refractivity contribution in [3.63, 3.8) is 0 Å². The second kappa shape index (κ2) is 7.37. The van der Waals surface area contributed by atoms with E-state index in [-0.39, 0.29) is 17.2 Å². The van der Waals surface area contributed by atoms with Crippen LogP contribution in [0.25, 0.3) is 21.1 Å². The number of thiazole rings is 1. The number of nitrogens with zero attached hydrogens (tertiary/aromatic N) is 3. The summed E-state index contributed by atoms with van der Waals surface area (Å²) in [6, 6.07) is 11.6. The topological polar surface area (TPSA) is 76.9 Å². The van der Waals surface area contributed by atoms with E-state index in [4.69, 9.17) is 0 Å². The van der Waals surface area contributed by atoms with Crippen LogP contribution in [-0.4, -0.2) is 26.2 Å². The summed E-state index contributed by atoms with van der Waals surface area (Å²) in [5.74, 6) is -0.0360. The Morgan fingerprint density at radius 3 is 2.61 bits per heavy atom. The summed E-state index contributed by atoms with van der Waals surface area (Å²) in [5, 5.41) is 4.50. The summed E-state index contributed by atoms with van der Waals surface area (Å²) >= 11 is 2.68. The van der Waals surface area contributed by atoms with E-state index in [2.05, 4.69) is 15.3 Å². The highest BCUT2D eigenvalue weighted by atomic mass is 32.2. The van der Waals surface area contributed by atoms with Crippen LogP contribution in [0.1, 0.15) is 11.1 Å². The van der Waals surface area contributed by atoms with Crippen molar-refractivity contribution in [2.24, 2.45) is 7.05 Å². The molecule has 0 bridgehead atoms. The number of aromatic nitrogens is 3. The molecule has 2 heterocycles. The smallest absolute Gasteiger partial charge is 0.261 e. The van der Waals surface area contributed by atoms with Gasteiger partial charge in [0.2, 0.25) is 5.91 Å². The van der Waals surface area contributed by atoms with Gasteiger partial charge in [0.15, 0.2) is 10.3 Å². The third-order valence-corrected chi connectivity index (χ3v) is 6.28. The Hall–Kier alpha value is -2.71. The SMILES string of the molecule is Cc1ccc2nc(NC(=O)CSc3nc4ccc(C)cc4c(=O)n3C)sc2c1. The molecule has 1 N–H and O–H groups in total. The van der Waals surface area contributed by atoms with Gasteiger partial charge in [-0.2, -0.15) is 0 Å². The Morgan fingerprint density at radius 2 is 1.82 bits per heavy atom. The number of aryl methyl sites for hydroxylation is 2. The van der Waals surface area contributed by atoms with E-state index in [0.29, 0.717) is 21.2 Å². The van der Waals surface area contributed by atoms with E-state index < -0.39 is 0 Å². The van der Waals surface area contributed by atoms with Gasteiger partial charge in [-0.1, -0.05) is 40.8 Å². The first kappa shape index (κ1) is 18.6. The molecule has 0 aliphatic rings. The summed E-state index contributed by atoms with van der Waals surface area (Å²) in [7, 11) is 1.67. The fourth-order valence-electron chi connectivity index (χ4n) is 2.86. The number of thioether (sulfide) groups is 1. The van der Waals surface area contributed by atoms with Crippen LogP contribution < -0.4 is 10.9 Å². The number of nitrogens with one attached hydrogen (secondary N) is 1. The number of rotatable bonds is 4. The molecule has 6 nitrogen and oxygen atoms in total. The fourth-order valence-corrected chi connectivity index (χ4v) is 4.62. The predicted molar refractivity (Wildman–Crippen MR) is 115 cm³/mol. The summed E-state index contributed by atoms with van der Waals surface area (Å²) < 4.78 is 2.53. The first-order valence-electron chi connectivity index (χ1n) is 8.68. The molecule has 0 unspecified atom stereocenters. The van der Waals surface area contributed by atoms with Crippen LogP contribution in [0.5, 0.6) is 0 Å². The van der Waals surface area contributed by atoms with Gasteiger partial charge in [-0.25, -0.2) is 9.97 Å². The number of hydrogen-bond acceptors (Lipinski definition) is 6. The highest BCUT2D eigenvalue weighted by Gasteiger charge is 2.13. The lowest BCUT2D eigenvalue weighted by Crippen LogP contribution is -2.21. The van der Waals surface area contributed by atoms with E-state index in [1.807, 2.05) is 50.2 Å². The Balaban J connectivity index is 1.50. The third-order valence-electron chi connectivity index (χ3n) is 4.31. The Morgan fingerprint density at radius 1 is 1.11 bits per heavy atom. The molecule has 142 valence electrons. The normalized spacial score (nSPS) is 11.2. The van der Waals surface area contributed by atoms with Crippen molar-refractivity contribution in [2.75, 3.05) is 11.1 Å². The highest BCUT2D eigenvalue weighted by molar-refractivity contribution is 7.99. The van der Waals surface area contributed by atoms with Gasteiger partial charge in [0.25, 0.3) is 5.56 Å². The van der Waals surface area contributed by atoms with Crippen LogP contribution in [0.3, 0.4) is 0 Å². The molecule has 8 heteroatoms. The van der Waals surface area contributed by atoms with Crippen molar-refractivity contribution in [3.05, 3.63) is 57.9 Å². The summed E-state index contributed by atoms with van der Waals surface area (Å²) in [5.41, 5.74) is 3.56. The zero-order chi connectivity index (χ0) is 19.8. The van der Waals surface area contributed by atoms with E-state index >= 15 is 0 Å². The molecule has 0 radical (unpaired) electrons. The lowest BCUT2D eigenvalue weighted by molar-refractivity contribution is -0.113. The van der Waals surface area contributed by atoms with Crippen LogP contribution in [0.15, 0.2) is 46.3 Å². The summed E-state index contributed by atoms with van der Waals surface area (Å²) in [6.45, 7) is 3.96. The first-order valence-corrected chi connectivity index (χ1v) is 10.5. The number of amides is 1. The Kier molecular flexibility index (Phi) is 4.91. The van der Waals surface area contributed by atoms with E-state index in [0.717, 1.165) is 21.3 Å².